The molecular weight excluding hydrogens is 272 g/mol. The highest BCUT2D eigenvalue weighted by Gasteiger charge is 2.09. The number of imidazole rings is 1. The summed E-state index contributed by atoms with van der Waals surface area (Å²) in [6.07, 6.45) is 2.61. The number of fused-ring (bicyclic) bond motifs is 1. The van der Waals surface area contributed by atoms with Crippen LogP contribution in [0.25, 0.3) is 11.2 Å². The first-order valence-corrected chi connectivity index (χ1v) is 7.51. The number of nitrogens with zero attached hydrogens (tertiary/aromatic N) is 3. The summed E-state index contributed by atoms with van der Waals surface area (Å²) in [4.78, 5) is 16.1. The normalized spacial score (nSPS) is 10.8. The van der Waals surface area contributed by atoms with Crippen LogP contribution in [0.5, 0.6) is 0 Å². The highest BCUT2D eigenvalue weighted by atomic mass is 32.1. The molecule has 0 radical (unpaired) electrons. The fraction of sp³-hybridized carbons (Fsp3) is 0.308. The number of nitrogens with one attached hydrogen (secondary N) is 3. The number of thiophene rings is 1. The van der Waals surface area contributed by atoms with Crippen LogP contribution in [0.15, 0.2) is 23.2 Å². The highest BCUT2D eigenvalue weighted by molar-refractivity contribution is 7.07. The maximum Gasteiger partial charge on any atom is 0.226 e. The van der Waals surface area contributed by atoms with Gasteiger partial charge in [-0.15, -0.1) is 0 Å². The maximum atomic E-state index is 4.48. The first kappa shape index (κ1) is 12.9. The van der Waals surface area contributed by atoms with Crippen molar-refractivity contribution in [1.29, 1.82) is 0 Å². The molecule has 0 saturated heterocycles. The Hall–Kier alpha value is -2.15. The molecule has 6 nitrogen and oxygen atoms in total. The number of H-pyrrole nitrogens is 1. The van der Waals surface area contributed by atoms with Gasteiger partial charge in [0.1, 0.15) is 5.52 Å². The minimum absolute atomic E-state index is 0.602. The van der Waals surface area contributed by atoms with Crippen molar-refractivity contribution < 1.29 is 0 Å². The summed E-state index contributed by atoms with van der Waals surface area (Å²) in [7, 11) is 0. The summed E-state index contributed by atoms with van der Waals surface area (Å²) in [5.41, 5.74) is 2.86. The van der Waals surface area contributed by atoms with Gasteiger partial charge in [-0.25, -0.2) is 4.98 Å². The van der Waals surface area contributed by atoms with E-state index >= 15 is 0 Å². The molecule has 7 heteroatoms. The lowest BCUT2D eigenvalue weighted by Crippen LogP contribution is -2.09. The van der Waals surface area contributed by atoms with Gasteiger partial charge in [0.2, 0.25) is 5.95 Å². The lowest BCUT2D eigenvalue weighted by molar-refractivity contribution is 1.01. The summed E-state index contributed by atoms with van der Waals surface area (Å²) in [5.74, 6) is 1.39. The van der Waals surface area contributed by atoms with E-state index in [4.69, 9.17) is 0 Å². The predicted octanol–water partition coefficient (Wildman–Crippen LogP) is 2.50. The van der Waals surface area contributed by atoms with Crippen LogP contribution in [0.3, 0.4) is 0 Å². The van der Waals surface area contributed by atoms with E-state index in [1.807, 2.05) is 6.92 Å². The van der Waals surface area contributed by atoms with Gasteiger partial charge in [-0.05, 0) is 35.7 Å². The Labute approximate surface area is 120 Å². The van der Waals surface area contributed by atoms with E-state index < -0.39 is 0 Å². The topological polar surface area (TPSA) is 78.5 Å². The molecule has 0 aliphatic heterocycles. The number of hydrogen-bond donors (Lipinski definition) is 3. The molecule has 0 fully saturated rings. The SMILES string of the molecule is CCNc1nc(NCCc2ccsc2)c2[nH]cnc2n1. The zero-order chi connectivity index (χ0) is 13.8. The summed E-state index contributed by atoms with van der Waals surface area (Å²) in [6.45, 7) is 3.62. The van der Waals surface area contributed by atoms with Gasteiger partial charge < -0.3 is 15.6 Å². The Bertz CT molecular complexity index is 675. The zero-order valence-corrected chi connectivity index (χ0v) is 12.0. The van der Waals surface area contributed by atoms with Crippen LogP contribution >= 0.6 is 11.3 Å². The molecular formula is C13H16N6S. The first-order valence-electron chi connectivity index (χ1n) is 6.56. The smallest absolute Gasteiger partial charge is 0.226 e. The number of hydrogen-bond acceptors (Lipinski definition) is 6. The molecule has 0 atom stereocenters. The van der Waals surface area contributed by atoms with Gasteiger partial charge >= 0.3 is 0 Å². The number of aromatic amines is 1. The summed E-state index contributed by atoms with van der Waals surface area (Å²) in [6, 6.07) is 2.14. The van der Waals surface area contributed by atoms with Gasteiger partial charge in [-0.1, -0.05) is 0 Å². The molecule has 0 bridgehead atoms. The Kier molecular flexibility index (Phi) is 3.78. The second-order valence-corrected chi connectivity index (χ2v) is 5.12. The Morgan fingerprint density at radius 2 is 2.25 bits per heavy atom. The summed E-state index contributed by atoms with van der Waals surface area (Å²) >= 11 is 1.72. The molecule has 0 unspecified atom stereocenters. The van der Waals surface area contributed by atoms with Crippen LogP contribution in [0.2, 0.25) is 0 Å². The van der Waals surface area contributed by atoms with Crippen molar-refractivity contribution in [3.8, 4) is 0 Å². The molecule has 0 spiro atoms. The molecule has 3 N–H and O–H groups in total. The largest absolute Gasteiger partial charge is 0.368 e. The molecule has 0 saturated carbocycles. The second kappa shape index (κ2) is 5.87. The van der Waals surface area contributed by atoms with E-state index in [0.717, 1.165) is 30.8 Å². The third-order valence-electron chi connectivity index (χ3n) is 2.91. The Balaban J connectivity index is 1.76. The Morgan fingerprint density at radius 1 is 1.30 bits per heavy atom. The third kappa shape index (κ3) is 2.72. The number of anilines is 2. The van der Waals surface area contributed by atoms with E-state index in [1.54, 1.807) is 17.7 Å². The second-order valence-electron chi connectivity index (χ2n) is 4.34. The predicted molar refractivity (Wildman–Crippen MR) is 82.4 cm³/mol. The van der Waals surface area contributed by atoms with Crippen molar-refractivity contribution in [1.82, 2.24) is 19.9 Å². The van der Waals surface area contributed by atoms with Crippen LogP contribution in [0.1, 0.15) is 12.5 Å². The van der Waals surface area contributed by atoms with Gasteiger partial charge in [0.05, 0.1) is 6.33 Å². The van der Waals surface area contributed by atoms with Crippen LogP contribution in [-0.2, 0) is 6.42 Å². The van der Waals surface area contributed by atoms with E-state index in [2.05, 4.69) is 47.4 Å². The monoisotopic (exact) mass is 288 g/mol. The molecule has 20 heavy (non-hydrogen) atoms. The van der Waals surface area contributed by atoms with E-state index in [0.29, 0.717) is 11.6 Å². The van der Waals surface area contributed by atoms with Crippen molar-refractivity contribution in [3.63, 3.8) is 0 Å². The number of rotatable bonds is 6. The van der Waals surface area contributed by atoms with Gasteiger partial charge in [-0.3, -0.25) is 0 Å². The Morgan fingerprint density at radius 3 is 3.05 bits per heavy atom. The van der Waals surface area contributed by atoms with E-state index in [9.17, 15) is 0 Å². The molecule has 3 aromatic rings. The molecule has 0 aliphatic rings. The lowest BCUT2D eigenvalue weighted by Gasteiger charge is -2.08. The molecule has 0 aliphatic carbocycles. The lowest BCUT2D eigenvalue weighted by atomic mass is 10.2. The minimum atomic E-state index is 0.602. The molecule has 3 aromatic heterocycles. The first-order chi connectivity index (χ1) is 9.86. The zero-order valence-electron chi connectivity index (χ0n) is 11.2. The van der Waals surface area contributed by atoms with Crippen LogP contribution < -0.4 is 10.6 Å². The fourth-order valence-electron chi connectivity index (χ4n) is 1.96. The summed E-state index contributed by atoms with van der Waals surface area (Å²) in [5, 5.41) is 10.7. The molecule has 3 heterocycles. The van der Waals surface area contributed by atoms with Crippen LogP contribution in [-0.4, -0.2) is 33.0 Å². The third-order valence-corrected chi connectivity index (χ3v) is 3.64. The number of aromatic nitrogens is 4. The molecule has 104 valence electrons. The molecule has 0 aromatic carbocycles. The van der Waals surface area contributed by atoms with Crippen LogP contribution in [0, 0.1) is 0 Å². The van der Waals surface area contributed by atoms with Gasteiger partial charge in [0.15, 0.2) is 11.5 Å². The van der Waals surface area contributed by atoms with E-state index in [1.165, 1.54) is 5.56 Å². The molecule has 3 rings (SSSR count). The highest BCUT2D eigenvalue weighted by Crippen LogP contribution is 2.18. The average Bonchev–Trinajstić information content (AvgIpc) is 3.09. The van der Waals surface area contributed by atoms with Crippen molar-refractivity contribution in [2.24, 2.45) is 0 Å². The summed E-state index contributed by atoms with van der Waals surface area (Å²) < 4.78 is 0. The van der Waals surface area contributed by atoms with Gasteiger partial charge in [0, 0.05) is 13.1 Å². The average molecular weight is 288 g/mol. The molecule has 0 amide bonds. The minimum Gasteiger partial charge on any atom is -0.368 e. The maximum absolute atomic E-state index is 4.48. The van der Waals surface area contributed by atoms with E-state index in [-0.39, 0.29) is 0 Å². The fourth-order valence-corrected chi connectivity index (χ4v) is 2.66. The quantitative estimate of drug-likeness (QED) is 0.649. The van der Waals surface area contributed by atoms with Crippen molar-refractivity contribution in [2.45, 2.75) is 13.3 Å². The van der Waals surface area contributed by atoms with Crippen molar-refractivity contribution in [3.05, 3.63) is 28.7 Å². The van der Waals surface area contributed by atoms with Crippen LogP contribution in [0.4, 0.5) is 11.8 Å². The van der Waals surface area contributed by atoms with Crippen molar-refractivity contribution >= 4 is 34.3 Å². The standard InChI is InChI=1S/C13H16N6S/c1-2-14-13-18-11(10-12(19-13)17-8-16-10)15-5-3-9-4-6-20-7-9/h4,6-8H,2-3,5H2,1H3,(H3,14,15,16,17,18,19). The van der Waals surface area contributed by atoms with Gasteiger partial charge in [-0.2, -0.15) is 21.3 Å². The van der Waals surface area contributed by atoms with Crippen molar-refractivity contribution in [2.75, 3.05) is 23.7 Å². The van der Waals surface area contributed by atoms with Gasteiger partial charge in [0.25, 0.3) is 0 Å².